The molecule has 3 nitrogen and oxygen atoms in total. The van der Waals surface area contributed by atoms with Crippen LogP contribution in [0.5, 0.6) is 0 Å². The fraction of sp³-hybridized carbons (Fsp3) is 0.357. The predicted molar refractivity (Wildman–Crippen MR) is 79.7 cm³/mol. The van der Waals surface area contributed by atoms with Gasteiger partial charge in [-0.3, -0.25) is 4.79 Å². The number of hydrogen-bond donors (Lipinski definition) is 2. The highest BCUT2D eigenvalue weighted by Gasteiger charge is 2.32. The zero-order valence-corrected chi connectivity index (χ0v) is 13.4. The summed E-state index contributed by atoms with van der Waals surface area (Å²) in [5.41, 5.74) is 4.34. The van der Waals surface area contributed by atoms with Crippen molar-refractivity contribution in [1.82, 2.24) is 0 Å². The number of carbonyl (C=O) groups excluding carboxylic acids is 1. The number of nitrogens with one attached hydrogen (secondary N) is 1. The Labute approximate surface area is 138 Å². The SMILES string of the molecule is Cc1cc(C)c(SCC(F)(F)F)cc1NC(=O)C=C(N)C(F)(F)F. The fourth-order valence-corrected chi connectivity index (χ4v) is 2.48. The molecule has 0 unspecified atom stereocenters. The molecule has 0 aliphatic carbocycles. The average molecular weight is 372 g/mol. The van der Waals surface area contributed by atoms with Gasteiger partial charge in [0.05, 0.1) is 5.75 Å². The number of nitrogens with two attached hydrogens (primary N) is 1. The molecule has 1 amide bonds. The number of rotatable bonds is 4. The van der Waals surface area contributed by atoms with Crippen LogP contribution in [0.4, 0.5) is 32.0 Å². The molecule has 0 aromatic heterocycles. The van der Waals surface area contributed by atoms with Crippen molar-refractivity contribution in [2.45, 2.75) is 31.1 Å². The first kappa shape index (κ1) is 20.2. The summed E-state index contributed by atoms with van der Waals surface area (Å²) < 4.78 is 73.7. The Bertz CT molecular complexity index is 652. The lowest BCUT2D eigenvalue weighted by Gasteiger charge is -2.13. The molecule has 10 heteroatoms. The minimum Gasteiger partial charge on any atom is -0.395 e. The molecule has 0 aliphatic rings. The van der Waals surface area contributed by atoms with Crippen molar-refractivity contribution in [3.8, 4) is 0 Å². The number of anilines is 1. The van der Waals surface area contributed by atoms with E-state index < -0.39 is 29.7 Å². The first-order chi connectivity index (χ1) is 10.8. The third-order valence-electron chi connectivity index (χ3n) is 2.79. The van der Waals surface area contributed by atoms with Crippen molar-refractivity contribution < 1.29 is 31.1 Å². The van der Waals surface area contributed by atoms with Crippen molar-refractivity contribution in [3.63, 3.8) is 0 Å². The van der Waals surface area contributed by atoms with Gasteiger partial charge in [0.2, 0.25) is 5.91 Å². The zero-order valence-electron chi connectivity index (χ0n) is 12.6. The van der Waals surface area contributed by atoms with E-state index in [1.807, 2.05) is 0 Å². The number of benzene rings is 1. The van der Waals surface area contributed by atoms with Gasteiger partial charge in [0.25, 0.3) is 0 Å². The Balaban J connectivity index is 2.98. The predicted octanol–water partition coefficient (Wildman–Crippen LogP) is 4.30. The van der Waals surface area contributed by atoms with Gasteiger partial charge in [0.1, 0.15) is 5.70 Å². The topological polar surface area (TPSA) is 55.1 Å². The van der Waals surface area contributed by atoms with Crippen molar-refractivity contribution in [2.75, 3.05) is 11.1 Å². The highest BCUT2D eigenvalue weighted by molar-refractivity contribution is 7.99. The van der Waals surface area contributed by atoms with Crippen LogP contribution in [0.3, 0.4) is 0 Å². The van der Waals surface area contributed by atoms with Crippen LogP contribution in [0.15, 0.2) is 28.8 Å². The molecular weight excluding hydrogens is 358 g/mol. The van der Waals surface area contributed by atoms with Crippen LogP contribution in [0.25, 0.3) is 0 Å². The van der Waals surface area contributed by atoms with Gasteiger partial charge in [-0.15, -0.1) is 11.8 Å². The number of amides is 1. The zero-order chi connectivity index (χ0) is 18.7. The van der Waals surface area contributed by atoms with E-state index in [4.69, 9.17) is 5.73 Å². The molecule has 24 heavy (non-hydrogen) atoms. The molecule has 0 atom stereocenters. The number of hydrogen-bond acceptors (Lipinski definition) is 3. The molecule has 1 aromatic rings. The molecule has 134 valence electrons. The third-order valence-corrected chi connectivity index (χ3v) is 4.01. The fourth-order valence-electron chi connectivity index (χ4n) is 1.67. The lowest BCUT2D eigenvalue weighted by molar-refractivity contribution is -0.113. The second-order valence-electron chi connectivity index (χ2n) is 4.92. The van der Waals surface area contributed by atoms with Crippen molar-refractivity contribution >= 4 is 23.4 Å². The quantitative estimate of drug-likeness (QED) is 0.471. The van der Waals surface area contributed by atoms with E-state index in [2.05, 4.69) is 5.32 Å². The second-order valence-corrected chi connectivity index (χ2v) is 5.94. The second kappa shape index (κ2) is 7.37. The van der Waals surface area contributed by atoms with Crippen LogP contribution >= 0.6 is 11.8 Å². The summed E-state index contributed by atoms with van der Waals surface area (Å²) in [5, 5.41) is 2.19. The van der Waals surface area contributed by atoms with E-state index in [1.54, 1.807) is 13.8 Å². The van der Waals surface area contributed by atoms with Gasteiger partial charge in [0, 0.05) is 16.7 Å². The van der Waals surface area contributed by atoms with Crippen LogP contribution < -0.4 is 11.1 Å². The summed E-state index contributed by atoms with van der Waals surface area (Å²) in [5.74, 6) is -2.24. The lowest BCUT2D eigenvalue weighted by Crippen LogP contribution is -2.22. The Morgan fingerprint density at radius 3 is 2.25 bits per heavy atom. The third kappa shape index (κ3) is 6.34. The smallest absolute Gasteiger partial charge is 0.395 e. The van der Waals surface area contributed by atoms with Gasteiger partial charge < -0.3 is 11.1 Å². The Morgan fingerprint density at radius 1 is 1.17 bits per heavy atom. The molecular formula is C14H14F6N2OS. The minimum absolute atomic E-state index is 0.112. The van der Waals surface area contributed by atoms with E-state index in [1.165, 1.54) is 12.1 Å². The molecule has 0 radical (unpaired) electrons. The molecule has 0 bridgehead atoms. The summed E-state index contributed by atoms with van der Waals surface area (Å²) in [4.78, 5) is 11.8. The number of alkyl halides is 6. The summed E-state index contributed by atoms with van der Waals surface area (Å²) in [6.45, 7) is 3.16. The maximum absolute atomic E-state index is 12.3. The largest absolute Gasteiger partial charge is 0.430 e. The van der Waals surface area contributed by atoms with Crippen molar-refractivity contribution in [2.24, 2.45) is 5.73 Å². The average Bonchev–Trinajstić information content (AvgIpc) is 2.38. The van der Waals surface area contributed by atoms with Crippen molar-refractivity contribution in [3.05, 3.63) is 35.0 Å². The highest BCUT2D eigenvalue weighted by Crippen LogP contribution is 2.32. The molecule has 0 saturated heterocycles. The molecule has 1 rings (SSSR count). The van der Waals surface area contributed by atoms with Crippen LogP contribution in [0.2, 0.25) is 0 Å². The van der Waals surface area contributed by atoms with Gasteiger partial charge in [-0.05, 0) is 31.0 Å². The van der Waals surface area contributed by atoms with Crippen LogP contribution in [0, 0.1) is 13.8 Å². The maximum atomic E-state index is 12.3. The Morgan fingerprint density at radius 2 is 1.75 bits per heavy atom. The van der Waals surface area contributed by atoms with Gasteiger partial charge in [0.15, 0.2) is 0 Å². The van der Waals surface area contributed by atoms with E-state index in [-0.39, 0.29) is 16.7 Å². The molecule has 0 fully saturated rings. The molecule has 0 spiro atoms. The summed E-state index contributed by atoms with van der Waals surface area (Å²) in [6.07, 6.45) is -9.02. The number of thioether (sulfide) groups is 1. The first-order valence-electron chi connectivity index (χ1n) is 6.46. The Hall–Kier alpha value is -1.84. The molecule has 0 saturated carbocycles. The minimum atomic E-state index is -4.84. The van der Waals surface area contributed by atoms with Gasteiger partial charge in [-0.1, -0.05) is 6.07 Å². The number of carbonyl (C=O) groups is 1. The van der Waals surface area contributed by atoms with Crippen LogP contribution in [-0.4, -0.2) is 24.0 Å². The van der Waals surface area contributed by atoms with Gasteiger partial charge >= 0.3 is 12.4 Å². The van der Waals surface area contributed by atoms with Crippen molar-refractivity contribution in [1.29, 1.82) is 0 Å². The highest BCUT2D eigenvalue weighted by atomic mass is 32.2. The lowest BCUT2D eigenvalue weighted by atomic mass is 10.1. The first-order valence-corrected chi connectivity index (χ1v) is 7.44. The molecule has 1 aromatic carbocycles. The maximum Gasteiger partial charge on any atom is 0.430 e. The normalized spacial score (nSPS) is 13.1. The van der Waals surface area contributed by atoms with Crippen LogP contribution in [-0.2, 0) is 4.79 Å². The molecule has 0 aliphatic heterocycles. The van der Waals surface area contributed by atoms with E-state index in [0.29, 0.717) is 22.9 Å². The van der Waals surface area contributed by atoms with Gasteiger partial charge in [-0.25, -0.2) is 0 Å². The van der Waals surface area contributed by atoms with E-state index in [9.17, 15) is 31.1 Å². The number of allylic oxidation sites excluding steroid dienone is 1. The number of halogens is 6. The summed E-state index contributed by atoms with van der Waals surface area (Å²) in [7, 11) is 0. The standard InChI is InChI=1S/C14H14F6N2OS/c1-7-3-8(2)10(24-6-13(15,16)17)4-9(7)22-12(23)5-11(21)14(18,19)20/h3-5H,6,21H2,1-2H3,(H,22,23). The van der Waals surface area contributed by atoms with Crippen LogP contribution in [0.1, 0.15) is 11.1 Å². The Kier molecular flexibility index (Phi) is 6.20. The van der Waals surface area contributed by atoms with Gasteiger partial charge in [-0.2, -0.15) is 26.3 Å². The summed E-state index contributed by atoms with van der Waals surface area (Å²) in [6, 6.07) is 2.82. The van der Waals surface area contributed by atoms with E-state index >= 15 is 0 Å². The number of aryl methyl sites for hydroxylation is 2. The van der Waals surface area contributed by atoms with E-state index in [0.717, 1.165) is 0 Å². The summed E-state index contributed by atoms with van der Waals surface area (Å²) >= 11 is 0.526. The monoisotopic (exact) mass is 372 g/mol. The molecule has 3 N–H and O–H groups in total. The molecule has 0 heterocycles.